The molecular weight excluding hydrogens is 150 g/mol. The molecule has 0 aromatic heterocycles. The number of hydrogen-bond donors (Lipinski definition) is 1. The second kappa shape index (κ2) is 9.01. The van der Waals surface area contributed by atoms with Crippen molar-refractivity contribution in [1.82, 2.24) is 5.32 Å². The van der Waals surface area contributed by atoms with Gasteiger partial charge in [0.1, 0.15) is 0 Å². The maximum Gasteiger partial charge on any atom is 0.0477 e. The molecule has 0 rings (SSSR count). The van der Waals surface area contributed by atoms with Crippen LogP contribution in [0.1, 0.15) is 40.0 Å². The molecule has 12 heavy (non-hydrogen) atoms. The molecule has 0 bridgehead atoms. The van der Waals surface area contributed by atoms with E-state index in [2.05, 4.69) is 19.2 Å². The Hall–Kier alpha value is -0.0800. The highest BCUT2D eigenvalue weighted by molar-refractivity contribution is 4.58. The Morgan fingerprint density at radius 2 is 2.08 bits per heavy atom. The summed E-state index contributed by atoms with van der Waals surface area (Å²) in [6.07, 6.45) is 3.66. The van der Waals surface area contributed by atoms with E-state index < -0.39 is 0 Å². The largest absolute Gasteiger partial charge is 0.382 e. The zero-order chi connectivity index (χ0) is 9.23. The molecule has 0 aliphatic rings. The highest BCUT2D eigenvalue weighted by Gasteiger charge is 1.97. The molecule has 0 spiro atoms. The zero-order valence-corrected chi connectivity index (χ0v) is 8.73. The van der Waals surface area contributed by atoms with E-state index in [-0.39, 0.29) is 0 Å². The molecule has 74 valence electrons. The Morgan fingerprint density at radius 1 is 1.33 bits per heavy atom. The van der Waals surface area contributed by atoms with E-state index in [9.17, 15) is 0 Å². The van der Waals surface area contributed by atoms with E-state index in [0.29, 0.717) is 6.04 Å². The Labute approximate surface area is 76.7 Å². The van der Waals surface area contributed by atoms with Crippen LogP contribution in [0.2, 0.25) is 0 Å². The second-order valence-corrected chi connectivity index (χ2v) is 3.19. The van der Waals surface area contributed by atoms with Crippen LogP contribution in [0.3, 0.4) is 0 Å². The molecule has 0 radical (unpaired) electrons. The van der Waals surface area contributed by atoms with Gasteiger partial charge in [-0.2, -0.15) is 0 Å². The van der Waals surface area contributed by atoms with Crippen LogP contribution in [-0.2, 0) is 4.74 Å². The van der Waals surface area contributed by atoms with E-state index in [1.807, 2.05) is 6.92 Å². The first kappa shape index (κ1) is 11.9. The first-order valence-corrected chi connectivity index (χ1v) is 5.12. The van der Waals surface area contributed by atoms with Crippen molar-refractivity contribution in [2.75, 3.05) is 19.8 Å². The summed E-state index contributed by atoms with van der Waals surface area (Å²) in [5, 5.41) is 3.46. The highest BCUT2D eigenvalue weighted by Crippen LogP contribution is 1.94. The smallest absolute Gasteiger partial charge is 0.0477 e. The average Bonchev–Trinajstić information content (AvgIpc) is 2.05. The summed E-state index contributed by atoms with van der Waals surface area (Å²) in [5.41, 5.74) is 0. The van der Waals surface area contributed by atoms with Gasteiger partial charge in [0.05, 0.1) is 0 Å². The van der Waals surface area contributed by atoms with E-state index in [1.54, 1.807) is 0 Å². The highest BCUT2D eigenvalue weighted by atomic mass is 16.5. The van der Waals surface area contributed by atoms with Crippen LogP contribution >= 0.6 is 0 Å². The minimum Gasteiger partial charge on any atom is -0.382 e. The Bertz CT molecular complexity index is 85.9. The Morgan fingerprint density at radius 3 is 2.67 bits per heavy atom. The van der Waals surface area contributed by atoms with Gasteiger partial charge in [-0.15, -0.1) is 0 Å². The minimum atomic E-state index is 0.664. The summed E-state index contributed by atoms with van der Waals surface area (Å²) in [6.45, 7) is 9.31. The summed E-state index contributed by atoms with van der Waals surface area (Å²) >= 11 is 0. The third-order valence-electron chi connectivity index (χ3n) is 1.88. The minimum absolute atomic E-state index is 0.664. The van der Waals surface area contributed by atoms with E-state index >= 15 is 0 Å². The lowest BCUT2D eigenvalue weighted by Crippen LogP contribution is -2.27. The predicted molar refractivity (Wildman–Crippen MR) is 53.5 cm³/mol. The van der Waals surface area contributed by atoms with Gasteiger partial charge in [0, 0.05) is 19.3 Å². The van der Waals surface area contributed by atoms with Crippen LogP contribution in [0.4, 0.5) is 0 Å². The lowest BCUT2D eigenvalue weighted by Gasteiger charge is -2.11. The fraction of sp³-hybridized carbons (Fsp3) is 1.00. The van der Waals surface area contributed by atoms with Gasteiger partial charge in [0.2, 0.25) is 0 Å². The molecule has 1 unspecified atom stereocenters. The third-order valence-corrected chi connectivity index (χ3v) is 1.88. The maximum atomic E-state index is 5.24. The van der Waals surface area contributed by atoms with Crippen LogP contribution < -0.4 is 5.32 Å². The van der Waals surface area contributed by atoms with Crippen molar-refractivity contribution in [2.24, 2.45) is 0 Å². The number of ether oxygens (including phenoxy) is 1. The summed E-state index contributed by atoms with van der Waals surface area (Å²) < 4.78 is 5.24. The van der Waals surface area contributed by atoms with Crippen LogP contribution in [-0.4, -0.2) is 25.8 Å². The molecule has 1 atom stereocenters. The lowest BCUT2D eigenvalue weighted by molar-refractivity contribution is 0.144. The van der Waals surface area contributed by atoms with Gasteiger partial charge in [0.25, 0.3) is 0 Å². The van der Waals surface area contributed by atoms with E-state index in [4.69, 9.17) is 4.74 Å². The monoisotopic (exact) mass is 173 g/mol. The van der Waals surface area contributed by atoms with Crippen LogP contribution in [0.15, 0.2) is 0 Å². The van der Waals surface area contributed by atoms with Gasteiger partial charge in [-0.3, -0.25) is 0 Å². The Balaban J connectivity index is 2.97. The number of rotatable bonds is 8. The van der Waals surface area contributed by atoms with Gasteiger partial charge in [-0.05, 0) is 33.2 Å². The van der Waals surface area contributed by atoms with Crippen molar-refractivity contribution >= 4 is 0 Å². The topological polar surface area (TPSA) is 21.3 Å². The molecule has 1 N–H and O–H groups in total. The van der Waals surface area contributed by atoms with Gasteiger partial charge < -0.3 is 10.1 Å². The first-order chi connectivity index (χ1) is 5.81. The van der Waals surface area contributed by atoms with Crippen molar-refractivity contribution in [3.8, 4) is 0 Å². The van der Waals surface area contributed by atoms with Gasteiger partial charge >= 0.3 is 0 Å². The standard InChI is InChI=1S/C10H23NO/c1-4-7-10(3)11-8-6-9-12-5-2/h10-11H,4-9H2,1-3H3. The molecule has 0 aromatic carbocycles. The van der Waals surface area contributed by atoms with Gasteiger partial charge in [-0.1, -0.05) is 13.3 Å². The van der Waals surface area contributed by atoms with Crippen LogP contribution in [0.25, 0.3) is 0 Å². The first-order valence-electron chi connectivity index (χ1n) is 5.12. The molecular formula is C10H23NO. The summed E-state index contributed by atoms with van der Waals surface area (Å²) in [4.78, 5) is 0. The molecule has 0 saturated heterocycles. The van der Waals surface area contributed by atoms with Gasteiger partial charge in [-0.25, -0.2) is 0 Å². The number of nitrogens with one attached hydrogen (secondary N) is 1. The van der Waals surface area contributed by atoms with E-state index in [1.165, 1.54) is 12.8 Å². The predicted octanol–water partition coefficient (Wildman–Crippen LogP) is 2.19. The SMILES string of the molecule is CCCC(C)NCCCOCC. The molecule has 0 saturated carbocycles. The molecule has 2 nitrogen and oxygen atoms in total. The lowest BCUT2D eigenvalue weighted by atomic mass is 10.2. The van der Waals surface area contributed by atoms with Crippen molar-refractivity contribution in [2.45, 2.75) is 46.1 Å². The van der Waals surface area contributed by atoms with Crippen LogP contribution in [0.5, 0.6) is 0 Å². The van der Waals surface area contributed by atoms with E-state index in [0.717, 1.165) is 26.2 Å². The normalized spacial score (nSPS) is 13.2. The third kappa shape index (κ3) is 8.02. The molecule has 0 heterocycles. The zero-order valence-electron chi connectivity index (χ0n) is 8.73. The molecule has 0 aliphatic carbocycles. The molecule has 0 amide bonds. The maximum absolute atomic E-state index is 5.24. The molecule has 0 aromatic rings. The summed E-state index contributed by atoms with van der Waals surface area (Å²) in [6, 6.07) is 0.664. The average molecular weight is 173 g/mol. The molecule has 0 fully saturated rings. The fourth-order valence-corrected chi connectivity index (χ4v) is 1.20. The van der Waals surface area contributed by atoms with Crippen molar-refractivity contribution in [1.29, 1.82) is 0 Å². The van der Waals surface area contributed by atoms with Crippen molar-refractivity contribution in [3.05, 3.63) is 0 Å². The van der Waals surface area contributed by atoms with Gasteiger partial charge in [0.15, 0.2) is 0 Å². The van der Waals surface area contributed by atoms with Crippen molar-refractivity contribution in [3.63, 3.8) is 0 Å². The number of hydrogen-bond acceptors (Lipinski definition) is 2. The summed E-state index contributed by atoms with van der Waals surface area (Å²) in [7, 11) is 0. The fourth-order valence-electron chi connectivity index (χ4n) is 1.20. The van der Waals surface area contributed by atoms with Crippen LogP contribution in [0, 0.1) is 0 Å². The van der Waals surface area contributed by atoms with Crippen molar-refractivity contribution < 1.29 is 4.74 Å². The second-order valence-electron chi connectivity index (χ2n) is 3.19. The quantitative estimate of drug-likeness (QED) is 0.568. The summed E-state index contributed by atoms with van der Waals surface area (Å²) in [5.74, 6) is 0. The molecule has 0 aliphatic heterocycles. The molecule has 2 heteroatoms. The Kier molecular flexibility index (Phi) is 8.95.